The lowest BCUT2D eigenvalue weighted by Crippen LogP contribution is -2.06. The molecule has 1 fully saturated rings. The minimum absolute atomic E-state index is 0.0202. The Bertz CT molecular complexity index is 794. The standard InChI is InChI=1S/C17H17IO4/c19-17(20)15-10-9-13-12(11-5-2-1-3-6-11)7-4-8-14(13)16(15)18(21)22/h4,7-11H,1-3,5-6H2,(H,19,20). The Labute approximate surface area is 135 Å². The first-order valence-electron chi connectivity index (χ1n) is 7.44. The second kappa shape index (κ2) is 6.32. The van der Waals surface area contributed by atoms with Crippen molar-refractivity contribution in [2.45, 2.75) is 38.0 Å². The predicted molar refractivity (Wildman–Crippen MR) is 90.8 cm³/mol. The minimum atomic E-state index is -3.90. The van der Waals surface area contributed by atoms with Crippen LogP contribution in [0, 0.1) is 3.57 Å². The van der Waals surface area contributed by atoms with E-state index in [1.165, 1.54) is 25.3 Å². The van der Waals surface area contributed by atoms with E-state index < -0.39 is 25.8 Å². The highest BCUT2D eigenvalue weighted by atomic mass is 127. The molecule has 0 bridgehead atoms. The molecule has 0 amide bonds. The fourth-order valence-corrected chi connectivity index (χ4v) is 5.28. The molecule has 1 aliphatic rings. The van der Waals surface area contributed by atoms with E-state index in [0.29, 0.717) is 11.3 Å². The van der Waals surface area contributed by atoms with E-state index in [2.05, 4.69) is 6.07 Å². The monoisotopic (exact) mass is 412 g/mol. The maximum absolute atomic E-state index is 11.7. The molecule has 1 N–H and O–H groups in total. The van der Waals surface area contributed by atoms with Crippen LogP contribution in [-0.4, -0.2) is 11.1 Å². The van der Waals surface area contributed by atoms with Crippen molar-refractivity contribution in [3.8, 4) is 0 Å². The molecule has 0 saturated heterocycles. The van der Waals surface area contributed by atoms with Gasteiger partial charge in [0.2, 0.25) is 0 Å². The summed E-state index contributed by atoms with van der Waals surface area (Å²) in [6.07, 6.45) is 5.89. The zero-order valence-electron chi connectivity index (χ0n) is 12.0. The van der Waals surface area contributed by atoms with Crippen molar-refractivity contribution in [3.63, 3.8) is 0 Å². The van der Waals surface area contributed by atoms with Crippen molar-refractivity contribution in [2.75, 3.05) is 0 Å². The first-order valence-corrected chi connectivity index (χ1v) is 10.3. The van der Waals surface area contributed by atoms with Gasteiger partial charge in [-0.1, -0.05) is 43.5 Å². The fraction of sp³-hybridized carbons (Fsp3) is 0.353. The van der Waals surface area contributed by atoms with Crippen molar-refractivity contribution in [1.29, 1.82) is 0 Å². The number of hydrogen-bond acceptors (Lipinski definition) is 3. The van der Waals surface area contributed by atoms with Crippen molar-refractivity contribution in [3.05, 3.63) is 45.0 Å². The molecule has 0 heterocycles. The van der Waals surface area contributed by atoms with Crippen LogP contribution in [0.2, 0.25) is 0 Å². The normalized spacial score (nSPS) is 16.2. The molecule has 0 spiro atoms. The number of carboxylic acids is 1. The highest BCUT2D eigenvalue weighted by molar-refractivity contribution is 14.2. The highest BCUT2D eigenvalue weighted by Crippen LogP contribution is 2.39. The second-order valence-corrected chi connectivity index (χ2v) is 8.05. The third-order valence-electron chi connectivity index (χ3n) is 4.46. The van der Waals surface area contributed by atoms with Gasteiger partial charge in [0.05, 0.1) is 9.13 Å². The third kappa shape index (κ3) is 2.74. The largest absolute Gasteiger partial charge is 0.478 e. The molecule has 0 aliphatic heterocycles. The summed E-state index contributed by atoms with van der Waals surface area (Å²) in [6, 6.07) is 8.83. The molecule has 3 rings (SSSR count). The van der Waals surface area contributed by atoms with Crippen LogP contribution in [0.1, 0.15) is 53.9 Å². The Morgan fingerprint density at radius 2 is 1.73 bits per heavy atom. The highest BCUT2D eigenvalue weighted by Gasteiger charge is 2.22. The van der Waals surface area contributed by atoms with Crippen molar-refractivity contribution in [2.24, 2.45) is 0 Å². The number of aromatic carboxylic acids is 1. The van der Waals surface area contributed by atoms with Crippen LogP contribution in [0.25, 0.3) is 10.8 Å². The Balaban J connectivity index is 2.26. The zero-order valence-corrected chi connectivity index (χ0v) is 14.2. The summed E-state index contributed by atoms with van der Waals surface area (Å²) >= 11 is -3.90. The summed E-state index contributed by atoms with van der Waals surface area (Å²) in [5.74, 6) is -0.740. The van der Waals surface area contributed by atoms with Gasteiger partial charge >= 0.3 is 25.8 Å². The topological polar surface area (TPSA) is 71.4 Å². The number of benzene rings is 2. The van der Waals surface area contributed by atoms with Crippen molar-refractivity contribution < 1.29 is 16.0 Å². The van der Waals surface area contributed by atoms with Gasteiger partial charge < -0.3 is 5.11 Å². The van der Waals surface area contributed by atoms with Crippen LogP contribution < -0.4 is 0 Å². The first kappa shape index (κ1) is 15.4. The molecule has 4 nitrogen and oxygen atoms in total. The summed E-state index contributed by atoms with van der Waals surface area (Å²) in [4.78, 5) is 11.3. The van der Waals surface area contributed by atoms with Gasteiger partial charge in [0.15, 0.2) is 0 Å². The van der Waals surface area contributed by atoms with Gasteiger partial charge in [0.25, 0.3) is 0 Å². The van der Waals surface area contributed by atoms with Crippen LogP contribution in [0.4, 0.5) is 0 Å². The molecule has 2 aromatic carbocycles. The number of carbonyl (C=O) groups is 1. The lowest BCUT2D eigenvalue weighted by molar-refractivity contribution is 0.0696. The Hall–Kier alpha value is -1.50. The summed E-state index contributed by atoms with van der Waals surface area (Å²) in [5.41, 5.74) is 1.05. The smallest absolute Gasteiger partial charge is 0.342 e. The zero-order chi connectivity index (χ0) is 15.7. The number of fused-ring (bicyclic) bond motifs is 1. The minimum Gasteiger partial charge on any atom is -0.478 e. The summed E-state index contributed by atoms with van der Waals surface area (Å²) in [7, 11) is 0. The van der Waals surface area contributed by atoms with Crippen LogP contribution >= 0.6 is 19.8 Å². The fourth-order valence-electron chi connectivity index (χ4n) is 3.45. The van der Waals surface area contributed by atoms with E-state index >= 15 is 0 Å². The van der Waals surface area contributed by atoms with Crippen molar-refractivity contribution >= 4 is 36.5 Å². The van der Waals surface area contributed by atoms with Gasteiger partial charge in [-0.15, -0.1) is 0 Å². The third-order valence-corrected chi connectivity index (χ3v) is 6.50. The molecule has 2 aromatic rings. The predicted octanol–water partition coefficient (Wildman–Crippen LogP) is 4.95. The van der Waals surface area contributed by atoms with Crippen molar-refractivity contribution in [1.82, 2.24) is 0 Å². The molecule has 0 unspecified atom stereocenters. The van der Waals surface area contributed by atoms with Gasteiger partial charge in [-0.25, -0.2) is 10.9 Å². The van der Waals surface area contributed by atoms with Gasteiger partial charge in [-0.2, -0.15) is 0 Å². The maximum Gasteiger partial charge on any atom is 0.342 e. The first-order chi connectivity index (χ1) is 10.6. The van der Waals surface area contributed by atoms with E-state index in [-0.39, 0.29) is 9.13 Å². The lowest BCUT2D eigenvalue weighted by atomic mass is 9.82. The molecular formula is C17H17IO4. The Kier molecular flexibility index (Phi) is 4.42. The lowest BCUT2D eigenvalue weighted by Gasteiger charge is -2.23. The van der Waals surface area contributed by atoms with E-state index in [1.807, 2.05) is 6.07 Å². The number of hydrogen-bond donors (Lipinski definition) is 1. The van der Waals surface area contributed by atoms with Crippen LogP contribution in [0.5, 0.6) is 0 Å². The SMILES string of the molecule is O=C(O)c1ccc2c(C3CCCCC3)cccc2c1I(=O)=O. The molecule has 22 heavy (non-hydrogen) atoms. The van der Waals surface area contributed by atoms with E-state index in [1.54, 1.807) is 12.1 Å². The molecule has 5 heteroatoms. The summed E-state index contributed by atoms with van der Waals surface area (Å²) in [5, 5.41) is 10.7. The molecule has 0 radical (unpaired) electrons. The van der Waals surface area contributed by atoms with Crippen LogP contribution in [0.3, 0.4) is 0 Å². The molecular weight excluding hydrogens is 395 g/mol. The average molecular weight is 412 g/mol. The summed E-state index contributed by atoms with van der Waals surface area (Å²) in [6.45, 7) is 0. The number of rotatable bonds is 3. The van der Waals surface area contributed by atoms with E-state index in [9.17, 15) is 16.0 Å². The van der Waals surface area contributed by atoms with Gasteiger partial charge in [-0.05, 0) is 35.8 Å². The van der Waals surface area contributed by atoms with Crippen LogP contribution in [0.15, 0.2) is 30.3 Å². The Morgan fingerprint density at radius 1 is 1.00 bits per heavy atom. The molecule has 0 aromatic heterocycles. The van der Waals surface area contributed by atoms with E-state index in [4.69, 9.17) is 0 Å². The quantitative estimate of drug-likeness (QED) is 0.724. The summed E-state index contributed by atoms with van der Waals surface area (Å²) < 4.78 is 23.4. The molecule has 1 aliphatic carbocycles. The second-order valence-electron chi connectivity index (χ2n) is 5.73. The van der Waals surface area contributed by atoms with Gasteiger partial charge in [0, 0.05) is 5.39 Å². The maximum atomic E-state index is 11.7. The molecule has 116 valence electrons. The van der Waals surface area contributed by atoms with Gasteiger partial charge in [-0.3, -0.25) is 0 Å². The van der Waals surface area contributed by atoms with Crippen LogP contribution in [-0.2, 0) is 6.14 Å². The Morgan fingerprint density at radius 3 is 2.36 bits per heavy atom. The van der Waals surface area contributed by atoms with Gasteiger partial charge in [0.1, 0.15) is 0 Å². The van der Waals surface area contributed by atoms with E-state index in [0.717, 1.165) is 23.8 Å². The number of halogens is 1. The number of carboxylic acid groups (broad SMARTS) is 1. The molecule has 0 atom stereocenters. The molecule has 1 saturated carbocycles. The average Bonchev–Trinajstić information content (AvgIpc) is 2.53.